The van der Waals surface area contributed by atoms with Gasteiger partial charge < -0.3 is 20.4 Å². The summed E-state index contributed by atoms with van der Waals surface area (Å²) in [6, 6.07) is 22.3. The molecule has 0 aromatic heterocycles. The van der Waals surface area contributed by atoms with Gasteiger partial charge in [0.05, 0.1) is 0 Å². The smallest absolute Gasteiger partial charge is 0.199 e. The van der Waals surface area contributed by atoms with Crippen LogP contribution in [0, 0.1) is 21.6 Å². The van der Waals surface area contributed by atoms with E-state index in [1.165, 1.54) is 0 Å². The van der Waals surface area contributed by atoms with E-state index in [0.717, 1.165) is 36.8 Å². The SMILES string of the molecule is CCCCN(Cc1ccc(CN(CCCC)C(=N)NC(=N)Nc2ccc(Cl)cc2)cc1)C(=N)NC(=N)Nc1ccc(Cl)cc1. The van der Waals surface area contributed by atoms with Crippen molar-refractivity contribution in [2.24, 2.45) is 0 Å². The number of anilines is 2. The Morgan fingerprint density at radius 1 is 0.568 bits per heavy atom. The van der Waals surface area contributed by atoms with Crippen molar-refractivity contribution in [3.8, 4) is 0 Å². The fourth-order valence-electron chi connectivity index (χ4n) is 4.24. The van der Waals surface area contributed by atoms with E-state index in [1.807, 2.05) is 34.1 Å². The van der Waals surface area contributed by atoms with Gasteiger partial charge in [0.15, 0.2) is 23.8 Å². The van der Waals surface area contributed by atoms with E-state index in [-0.39, 0.29) is 23.8 Å². The van der Waals surface area contributed by atoms with Crippen LogP contribution in [0.4, 0.5) is 11.4 Å². The molecule has 3 aromatic carbocycles. The van der Waals surface area contributed by atoms with Gasteiger partial charge in [0.25, 0.3) is 0 Å². The van der Waals surface area contributed by atoms with Crippen molar-refractivity contribution in [1.29, 1.82) is 21.6 Å². The van der Waals surface area contributed by atoms with Crippen molar-refractivity contribution in [1.82, 2.24) is 20.4 Å². The van der Waals surface area contributed by atoms with E-state index in [1.54, 1.807) is 48.5 Å². The summed E-state index contributed by atoms with van der Waals surface area (Å²) >= 11 is 11.9. The number of guanidine groups is 4. The minimum Gasteiger partial charge on any atom is -0.339 e. The van der Waals surface area contributed by atoms with Crippen LogP contribution >= 0.6 is 23.2 Å². The Balaban J connectivity index is 1.59. The monoisotopic (exact) mass is 636 g/mol. The first kappa shape index (κ1) is 34.2. The molecule has 0 atom stereocenters. The summed E-state index contributed by atoms with van der Waals surface area (Å²) in [4.78, 5) is 3.84. The second kappa shape index (κ2) is 17.7. The lowest BCUT2D eigenvalue weighted by Crippen LogP contribution is -2.45. The summed E-state index contributed by atoms with van der Waals surface area (Å²) in [5.41, 5.74) is 3.49. The van der Waals surface area contributed by atoms with Gasteiger partial charge in [-0.15, -0.1) is 0 Å². The molecule has 3 rings (SSSR count). The highest BCUT2D eigenvalue weighted by molar-refractivity contribution is 6.31. The minimum atomic E-state index is 0.00819. The number of hydrogen-bond donors (Lipinski definition) is 8. The van der Waals surface area contributed by atoms with E-state index in [2.05, 4.69) is 35.1 Å². The number of benzene rings is 3. The van der Waals surface area contributed by atoms with E-state index < -0.39 is 0 Å². The van der Waals surface area contributed by atoms with Gasteiger partial charge in [-0.25, -0.2) is 0 Å². The first-order valence-electron chi connectivity index (χ1n) is 14.7. The average Bonchev–Trinajstić information content (AvgIpc) is 3.00. The van der Waals surface area contributed by atoms with Gasteiger partial charge in [-0.05, 0) is 72.5 Å². The zero-order valence-electron chi connectivity index (χ0n) is 25.2. The van der Waals surface area contributed by atoms with Crippen molar-refractivity contribution < 1.29 is 0 Å². The number of rotatable bonds is 12. The van der Waals surface area contributed by atoms with Crippen LogP contribution in [-0.2, 0) is 13.1 Å². The molecule has 8 N–H and O–H groups in total. The predicted molar refractivity (Wildman–Crippen MR) is 184 cm³/mol. The Hall–Kier alpha value is -4.28. The maximum absolute atomic E-state index is 8.63. The van der Waals surface area contributed by atoms with Crippen LogP contribution in [0.2, 0.25) is 10.0 Å². The van der Waals surface area contributed by atoms with Crippen molar-refractivity contribution in [3.63, 3.8) is 0 Å². The number of hydrogen-bond acceptors (Lipinski definition) is 4. The van der Waals surface area contributed by atoms with Crippen LogP contribution in [0.1, 0.15) is 50.7 Å². The summed E-state index contributed by atoms with van der Waals surface area (Å²) < 4.78 is 0. The zero-order valence-corrected chi connectivity index (χ0v) is 26.7. The topological polar surface area (TPSA) is 150 Å². The first-order valence-corrected chi connectivity index (χ1v) is 15.4. The van der Waals surface area contributed by atoms with Gasteiger partial charge in [0, 0.05) is 47.6 Å². The lowest BCUT2D eigenvalue weighted by atomic mass is 10.1. The normalized spacial score (nSPS) is 10.5. The van der Waals surface area contributed by atoms with Gasteiger partial charge in [0.2, 0.25) is 0 Å². The van der Waals surface area contributed by atoms with Crippen molar-refractivity contribution in [3.05, 3.63) is 94.0 Å². The highest BCUT2D eigenvalue weighted by Crippen LogP contribution is 2.15. The van der Waals surface area contributed by atoms with Crippen LogP contribution < -0.4 is 21.3 Å². The van der Waals surface area contributed by atoms with E-state index in [0.29, 0.717) is 47.6 Å². The fraction of sp³-hybridized carbons (Fsp3) is 0.312. The number of halogens is 2. The highest BCUT2D eigenvalue weighted by Gasteiger charge is 2.15. The molecule has 0 saturated carbocycles. The van der Waals surface area contributed by atoms with Gasteiger partial charge in [-0.2, -0.15) is 0 Å². The summed E-state index contributed by atoms with van der Waals surface area (Å²) in [5, 5.41) is 46.7. The molecule has 12 heteroatoms. The van der Waals surface area contributed by atoms with E-state index >= 15 is 0 Å². The van der Waals surface area contributed by atoms with Gasteiger partial charge in [-0.1, -0.05) is 74.2 Å². The second-order valence-electron chi connectivity index (χ2n) is 10.3. The molecule has 3 aromatic rings. The Morgan fingerprint density at radius 3 is 1.23 bits per heavy atom. The zero-order chi connectivity index (χ0) is 31.9. The Labute approximate surface area is 270 Å². The molecular formula is C32H42Cl2N10. The predicted octanol–water partition coefficient (Wildman–Crippen LogP) is 7.34. The van der Waals surface area contributed by atoms with Crippen LogP contribution in [0.3, 0.4) is 0 Å². The molecule has 234 valence electrons. The molecule has 0 fully saturated rings. The van der Waals surface area contributed by atoms with Crippen molar-refractivity contribution >= 4 is 58.4 Å². The fourth-order valence-corrected chi connectivity index (χ4v) is 4.49. The second-order valence-corrected chi connectivity index (χ2v) is 11.2. The Bertz CT molecular complexity index is 1270. The maximum atomic E-state index is 8.63. The number of nitrogens with one attached hydrogen (secondary N) is 8. The summed E-state index contributed by atoms with van der Waals surface area (Å²) in [7, 11) is 0. The molecule has 0 bridgehead atoms. The molecule has 0 aliphatic carbocycles. The summed E-state index contributed by atoms with van der Waals surface area (Å²) in [6.45, 7) is 6.62. The lowest BCUT2D eigenvalue weighted by Gasteiger charge is -2.27. The highest BCUT2D eigenvalue weighted by atomic mass is 35.5. The van der Waals surface area contributed by atoms with Crippen LogP contribution in [0.25, 0.3) is 0 Å². The maximum Gasteiger partial charge on any atom is 0.199 e. The molecule has 44 heavy (non-hydrogen) atoms. The van der Waals surface area contributed by atoms with Crippen molar-refractivity contribution in [2.45, 2.75) is 52.6 Å². The number of nitrogens with zero attached hydrogens (tertiary/aromatic N) is 2. The summed E-state index contributed by atoms with van der Waals surface area (Å²) in [5.74, 6) is 0.311. The standard InChI is InChI=1S/C32H42Cl2N10/c1-3-5-19-43(31(37)41-29(35)39-27-15-11-25(33)12-16-27)21-23-7-9-24(10-8-23)22-44(20-6-4-2)32(38)42-30(36)40-28-17-13-26(34)14-18-28/h7-18H,3-6,19-22H2,1-2H3,(H4,35,37,39,41)(H4,36,38,40,42). The molecule has 0 amide bonds. The quantitative estimate of drug-likeness (QED) is 0.0769. The van der Waals surface area contributed by atoms with Crippen molar-refractivity contribution in [2.75, 3.05) is 23.7 Å². The van der Waals surface area contributed by atoms with Gasteiger partial charge in [0.1, 0.15) is 0 Å². The van der Waals surface area contributed by atoms with E-state index in [4.69, 9.17) is 44.8 Å². The summed E-state index contributed by atoms with van der Waals surface area (Å²) in [6.07, 6.45) is 3.82. The van der Waals surface area contributed by atoms with E-state index in [9.17, 15) is 0 Å². The largest absolute Gasteiger partial charge is 0.339 e. The molecular weight excluding hydrogens is 595 g/mol. The Morgan fingerprint density at radius 2 is 0.909 bits per heavy atom. The first-order chi connectivity index (χ1) is 21.2. The third kappa shape index (κ3) is 11.8. The van der Waals surface area contributed by atoms with Gasteiger partial charge in [-0.3, -0.25) is 32.3 Å². The molecule has 10 nitrogen and oxygen atoms in total. The molecule has 0 spiro atoms. The molecule has 0 aliphatic rings. The molecule has 0 radical (unpaired) electrons. The lowest BCUT2D eigenvalue weighted by molar-refractivity contribution is 0.387. The van der Waals surface area contributed by atoms with Crippen LogP contribution in [0.15, 0.2) is 72.8 Å². The molecule has 0 aliphatic heterocycles. The Kier molecular flexibility index (Phi) is 13.8. The third-order valence-electron chi connectivity index (χ3n) is 6.68. The average molecular weight is 638 g/mol. The van der Waals surface area contributed by atoms with Crippen LogP contribution in [0.5, 0.6) is 0 Å². The molecule has 0 saturated heterocycles. The third-order valence-corrected chi connectivity index (χ3v) is 7.18. The molecule has 0 heterocycles. The number of unbranched alkanes of at least 4 members (excludes halogenated alkanes) is 2. The van der Waals surface area contributed by atoms with Gasteiger partial charge >= 0.3 is 0 Å². The van der Waals surface area contributed by atoms with Crippen LogP contribution in [-0.4, -0.2) is 46.7 Å². The minimum absolute atomic E-state index is 0.00819. The molecule has 0 unspecified atom stereocenters.